The third kappa shape index (κ3) is 4.06. The number of carbonyl (C=O) groups excluding carboxylic acids is 1. The Bertz CT molecular complexity index is 485. The van der Waals surface area contributed by atoms with Crippen LogP contribution < -0.4 is 4.72 Å². The van der Waals surface area contributed by atoms with Gasteiger partial charge in [-0.05, 0) is 45.6 Å². The third-order valence-corrected chi connectivity index (χ3v) is 5.63. The van der Waals surface area contributed by atoms with E-state index in [0.717, 1.165) is 32.1 Å². The molecule has 0 spiro atoms. The SMILES string of the molecule is CNS(=O)(=O)CC1CCCN1C(=O)CC1=CCCCC1. The number of nitrogens with zero attached hydrogens (tertiary/aromatic N) is 1. The van der Waals surface area contributed by atoms with Crippen LogP contribution in [-0.4, -0.2) is 44.6 Å². The van der Waals surface area contributed by atoms with E-state index in [9.17, 15) is 13.2 Å². The molecule has 5 nitrogen and oxygen atoms in total. The molecule has 6 heteroatoms. The zero-order chi connectivity index (χ0) is 14.6. The van der Waals surface area contributed by atoms with Crippen molar-refractivity contribution in [3.8, 4) is 0 Å². The highest BCUT2D eigenvalue weighted by Gasteiger charge is 2.32. The summed E-state index contributed by atoms with van der Waals surface area (Å²) in [5.74, 6) is 0.112. The predicted molar refractivity (Wildman–Crippen MR) is 78.7 cm³/mol. The van der Waals surface area contributed by atoms with E-state index >= 15 is 0 Å². The fourth-order valence-corrected chi connectivity index (χ4v) is 4.05. The third-order valence-electron chi connectivity index (χ3n) is 4.18. The van der Waals surface area contributed by atoms with Crippen LogP contribution in [0.5, 0.6) is 0 Å². The summed E-state index contributed by atoms with van der Waals surface area (Å²) >= 11 is 0. The molecule has 0 bridgehead atoms. The van der Waals surface area contributed by atoms with Gasteiger partial charge in [0, 0.05) is 19.0 Å². The van der Waals surface area contributed by atoms with E-state index in [1.165, 1.54) is 19.0 Å². The minimum absolute atomic E-state index is 0.0221. The van der Waals surface area contributed by atoms with Gasteiger partial charge < -0.3 is 4.90 Å². The van der Waals surface area contributed by atoms with Gasteiger partial charge in [0.15, 0.2) is 0 Å². The molecule has 2 aliphatic rings. The van der Waals surface area contributed by atoms with Crippen molar-refractivity contribution in [2.24, 2.45) is 0 Å². The van der Waals surface area contributed by atoms with Crippen molar-refractivity contribution in [2.75, 3.05) is 19.3 Å². The van der Waals surface area contributed by atoms with Gasteiger partial charge in [0.2, 0.25) is 15.9 Å². The zero-order valence-electron chi connectivity index (χ0n) is 12.1. The van der Waals surface area contributed by atoms with Crippen LogP contribution in [0, 0.1) is 0 Å². The Balaban J connectivity index is 1.96. The summed E-state index contributed by atoms with van der Waals surface area (Å²) in [5.41, 5.74) is 1.23. The monoisotopic (exact) mass is 300 g/mol. The van der Waals surface area contributed by atoms with Gasteiger partial charge in [0.05, 0.1) is 5.75 Å². The van der Waals surface area contributed by atoms with Crippen LogP contribution >= 0.6 is 0 Å². The van der Waals surface area contributed by atoms with E-state index in [1.54, 1.807) is 4.90 Å². The summed E-state index contributed by atoms with van der Waals surface area (Å²) in [5, 5.41) is 0. The van der Waals surface area contributed by atoms with Crippen molar-refractivity contribution in [1.29, 1.82) is 0 Å². The number of sulfonamides is 1. The van der Waals surface area contributed by atoms with E-state index in [-0.39, 0.29) is 17.7 Å². The van der Waals surface area contributed by atoms with E-state index < -0.39 is 10.0 Å². The molecule has 1 aliphatic heterocycles. The lowest BCUT2D eigenvalue weighted by molar-refractivity contribution is -0.130. The Hall–Kier alpha value is -0.880. The lowest BCUT2D eigenvalue weighted by atomic mass is 9.97. The molecule has 1 amide bonds. The Labute approximate surface area is 121 Å². The molecule has 0 aromatic carbocycles. The van der Waals surface area contributed by atoms with Gasteiger partial charge in [-0.3, -0.25) is 4.79 Å². The minimum Gasteiger partial charge on any atom is -0.338 e. The highest BCUT2D eigenvalue weighted by atomic mass is 32.2. The second-order valence-corrected chi connectivity index (χ2v) is 7.62. The molecule has 0 aromatic heterocycles. The maximum absolute atomic E-state index is 12.4. The van der Waals surface area contributed by atoms with Crippen molar-refractivity contribution in [1.82, 2.24) is 9.62 Å². The Morgan fingerprint density at radius 3 is 2.85 bits per heavy atom. The molecular weight excluding hydrogens is 276 g/mol. The molecule has 1 unspecified atom stereocenters. The smallest absolute Gasteiger partial charge is 0.226 e. The van der Waals surface area contributed by atoms with Crippen molar-refractivity contribution in [3.05, 3.63) is 11.6 Å². The molecule has 1 N–H and O–H groups in total. The Morgan fingerprint density at radius 2 is 2.20 bits per heavy atom. The lowest BCUT2D eigenvalue weighted by Gasteiger charge is -2.25. The maximum atomic E-state index is 12.4. The molecule has 0 saturated carbocycles. The average molecular weight is 300 g/mol. The first-order chi connectivity index (χ1) is 9.52. The van der Waals surface area contributed by atoms with Crippen molar-refractivity contribution in [2.45, 2.75) is 51.0 Å². The quantitative estimate of drug-likeness (QED) is 0.781. The molecule has 20 heavy (non-hydrogen) atoms. The topological polar surface area (TPSA) is 66.5 Å². The summed E-state index contributed by atoms with van der Waals surface area (Å²) < 4.78 is 25.6. The molecule has 2 rings (SSSR count). The first-order valence-electron chi connectivity index (χ1n) is 7.40. The van der Waals surface area contributed by atoms with Gasteiger partial charge in [0.25, 0.3) is 0 Å². The van der Waals surface area contributed by atoms with Gasteiger partial charge in [-0.1, -0.05) is 11.6 Å². The molecular formula is C14H24N2O3S. The number of hydrogen-bond donors (Lipinski definition) is 1. The van der Waals surface area contributed by atoms with Crippen molar-refractivity contribution >= 4 is 15.9 Å². The van der Waals surface area contributed by atoms with Crippen molar-refractivity contribution in [3.63, 3.8) is 0 Å². The molecule has 0 radical (unpaired) electrons. The van der Waals surface area contributed by atoms with E-state index in [2.05, 4.69) is 10.8 Å². The molecule has 1 heterocycles. The van der Waals surface area contributed by atoms with Crippen LogP contribution in [0.25, 0.3) is 0 Å². The largest absolute Gasteiger partial charge is 0.338 e. The highest BCUT2D eigenvalue weighted by molar-refractivity contribution is 7.89. The number of carbonyl (C=O) groups is 1. The standard InChI is InChI=1S/C14H24N2O3S/c1-15-20(18,19)11-13-8-5-9-16(13)14(17)10-12-6-3-2-4-7-12/h6,13,15H,2-5,7-11H2,1H3. The summed E-state index contributed by atoms with van der Waals surface area (Å²) in [6.45, 7) is 0.690. The van der Waals surface area contributed by atoms with Gasteiger partial charge in [-0.25, -0.2) is 13.1 Å². The lowest BCUT2D eigenvalue weighted by Crippen LogP contribution is -2.41. The molecule has 1 atom stereocenters. The number of rotatable bonds is 5. The summed E-state index contributed by atoms with van der Waals surface area (Å²) in [7, 11) is -1.84. The van der Waals surface area contributed by atoms with Crippen LogP contribution in [0.2, 0.25) is 0 Å². The van der Waals surface area contributed by atoms with Gasteiger partial charge >= 0.3 is 0 Å². The number of likely N-dealkylation sites (tertiary alicyclic amines) is 1. The molecule has 0 aromatic rings. The normalized spacial score (nSPS) is 23.8. The Kier molecular flexibility index (Phi) is 5.21. The Morgan fingerprint density at radius 1 is 1.40 bits per heavy atom. The van der Waals surface area contributed by atoms with E-state index in [0.29, 0.717) is 13.0 Å². The summed E-state index contributed by atoms with van der Waals surface area (Å²) in [6.07, 6.45) is 8.79. The second kappa shape index (κ2) is 6.72. The van der Waals surface area contributed by atoms with Crippen LogP contribution in [0.4, 0.5) is 0 Å². The highest BCUT2D eigenvalue weighted by Crippen LogP contribution is 2.24. The predicted octanol–water partition coefficient (Wildman–Crippen LogP) is 1.42. The number of hydrogen-bond acceptors (Lipinski definition) is 3. The zero-order valence-corrected chi connectivity index (χ0v) is 12.9. The summed E-state index contributed by atoms with van der Waals surface area (Å²) in [6, 6.07) is -0.163. The van der Waals surface area contributed by atoms with Crippen LogP contribution in [0.1, 0.15) is 44.9 Å². The van der Waals surface area contributed by atoms with Crippen molar-refractivity contribution < 1.29 is 13.2 Å². The van der Waals surface area contributed by atoms with Crippen LogP contribution in [0.15, 0.2) is 11.6 Å². The molecule has 114 valence electrons. The second-order valence-electron chi connectivity index (χ2n) is 5.65. The van der Waals surface area contributed by atoms with Gasteiger partial charge in [0.1, 0.15) is 0 Å². The fraction of sp³-hybridized carbons (Fsp3) is 0.786. The first kappa shape index (κ1) is 15.5. The average Bonchev–Trinajstić information content (AvgIpc) is 2.87. The van der Waals surface area contributed by atoms with E-state index in [1.807, 2.05) is 0 Å². The fourth-order valence-electron chi connectivity index (χ4n) is 3.03. The molecule has 1 fully saturated rings. The van der Waals surface area contributed by atoms with Gasteiger partial charge in [-0.15, -0.1) is 0 Å². The number of amides is 1. The van der Waals surface area contributed by atoms with Gasteiger partial charge in [-0.2, -0.15) is 0 Å². The van der Waals surface area contributed by atoms with E-state index in [4.69, 9.17) is 0 Å². The van der Waals surface area contributed by atoms with Crippen LogP contribution in [0.3, 0.4) is 0 Å². The maximum Gasteiger partial charge on any atom is 0.226 e. The van der Waals surface area contributed by atoms with Crippen LogP contribution in [-0.2, 0) is 14.8 Å². The molecule has 1 aliphatic carbocycles. The number of allylic oxidation sites excluding steroid dienone is 1. The minimum atomic E-state index is -3.26. The molecule has 1 saturated heterocycles. The number of nitrogens with one attached hydrogen (secondary N) is 1. The first-order valence-corrected chi connectivity index (χ1v) is 9.05. The summed E-state index contributed by atoms with van der Waals surface area (Å²) in [4.78, 5) is 14.1.